The van der Waals surface area contributed by atoms with Crippen LogP contribution in [0, 0.1) is 0 Å². The highest BCUT2D eigenvalue weighted by Crippen LogP contribution is 2.53. The summed E-state index contributed by atoms with van der Waals surface area (Å²) in [5, 5.41) is 5.61. The Morgan fingerprint density at radius 2 is 1.17 bits per heavy atom. The number of fused-ring (bicyclic) bond motifs is 4. The predicted molar refractivity (Wildman–Crippen MR) is 130 cm³/mol. The first kappa shape index (κ1) is 17.5. The molecule has 0 fully saturated rings. The predicted octanol–water partition coefficient (Wildman–Crippen LogP) is 8.43. The molecule has 0 heteroatoms. The maximum absolute atomic E-state index is 2.42. The average Bonchev–Trinajstić information content (AvgIpc) is 3.14. The number of rotatable bonds is 3. The SMILES string of the molecule is CCc1c2c(c(CC)c3cc(-c4ccccc4)ccc13)-c1cccc3cccc-2c13. The number of aryl methyl sites for hydroxylation is 2. The Balaban J connectivity index is 1.77. The maximum Gasteiger partial charge on any atom is -0.00262 e. The lowest BCUT2D eigenvalue weighted by atomic mass is 9.84. The zero-order chi connectivity index (χ0) is 20.2. The van der Waals surface area contributed by atoms with Gasteiger partial charge in [0.05, 0.1) is 0 Å². The van der Waals surface area contributed by atoms with Gasteiger partial charge in [-0.3, -0.25) is 0 Å². The zero-order valence-corrected chi connectivity index (χ0v) is 17.5. The highest BCUT2D eigenvalue weighted by molar-refractivity contribution is 6.20. The van der Waals surface area contributed by atoms with Gasteiger partial charge in [0.1, 0.15) is 0 Å². The molecule has 30 heavy (non-hydrogen) atoms. The minimum Gasteiger partial charge on any atom is -0.0622 e. The van der Waals surface area contributed by atoms with E-state index in [0.29, 0.717) is 0 Å². The van der Waals surface area contributed by atoms with Crippen molar-refractivity contribution in [1.82, 2.24) is 0 Å². The second-order valence-corrected chi connectivity index (χ2v) is 8.25. The van der Waals surface area contributed by atoms with E-state index < -0.39 is 0 Å². The molecule has 0 unspecified atom stereocenters. The summed E-state index contributed by atoms with van der Waals surface area (Å²) in [5.41, 5.74) is 11.3. The monoisotopic (exact) mass is 384 g/mol. The summed E-state index contributed by atoms with van der Waals surface area (Å²) in [6.07, 6.45) is 2.07. The Bertz CT molecular complexity index is 1430. The summed E-state index contributed by atoms with van der Waals surface area (Å²) in [4.78, 5) is 0. The minimum absolute atomic E-state index is 1.03. The van der Waals surface area contributed by atoms with Crippen molar-refractivity contribution in [3.05, 3.63) is 96.1 Å². The molecule has 0 heterocycles. The van der Waals surface area contributed by atoms with Gasteiger partial charge in [-0.25, -0.2) is 0 Å². The van der Waals surface area contributed by atoms with E-state index in [9.17, 15) is 0 Å². The lowest BCUT2D eigenvalue weighted by molar-refractivity contribution is 1.14. The van der Waals surface area contributed by atoms with Crippen LogP contribution >= 0.6 is 0 Å². The Morgan fingerprint density at radius 3 is 1.80 bits per heavy atom. The van der Waals surface area contributed by atoms with Crippen LogP contribution in [-0.4, -0.2) is 0 Å². The number of hydrogen-bond donors (Lipinski definition) is 0. The molecule has 1 aliphatic carbocycles. The molecule has 0 aromatic heterocycles. The van der Waals surface area contributed by atoms with Crippen LogP contribution in [0.5, 0.6) is 0 Å². The van der Waals surface area contributed by atoms with Gasteiger partial charge in [0.2, 0.25) is 0 Å². The first-order valence-corrected chi connectivity index (χ1v) is 11.0. The average molecular weight is 385 g/mol. The third-order valence-electron chi connectivity index (χ3n) is 6.78. The number of benzene rings is 5. The van der Waals surface area contributed by atoms with Crippen molar-refractivity contribution in [2.45, 2.75) is 26.7 Å². The molecule has 0 nitrogen and oxygen atoms in total. The van der Waals surface area contributed by atoms with E-state index in [4.69, 9.17) is 0 Å². The molecule has 1 aliphatic rings. The summed E-state index contributed by atoms with van der Waals surface area (Å²) in [6, 6.07) is 31.4. The third kappa shape index (κ3) is 2.28. The molecule has 0 radical (unpaired) electrons. The van der Waals surface area contributed by atoms with Gasteiger partial charge in [-0.1, -0.05) is 92.7 Å². The smallest absolute Gasteiger partial charge is 0.00262 e. The second-order valence-electron chi connectivity index (χ2n) is 8.25. The van der Waals surface area contributed by atoms with Crippen LogP contribution in [0.4, 0.5) is 0 Å². The van der Waals surface area contributed by atoms with Crippen molar-refractivity contribution in [2.24, 2.45) is 0 Å². The molecular formula is C30H24. The molecular weight excluding hydrogens is 360 g/mol. The largest absolute Gasteiger partial charge is 0.0622 e. The normalized spacial score (nSPS) is 11.9. The summed E-state index contributed by atoms with van der Waals surface area (Å²) in [6.45, 7) is 4.61. The van der Waals surface area contributed by atoms with Crippen LogP contribution in [0.15, 0.2) is 84.9 Å². The van der Waals surface area contributed by atoms with Gasteiger partial charge < -0.3 is 0 Å². The van der Waals surface area contributed by atoms with E-state index in [1.807, 2.05) is 0 Å². The molecule has 0 atom stereocenters. The van der Waals surface area contributed by atoms with E-state index in [-0.39, 0.29) is 0 Å². The second kappa shape index (κ2) is 6.57. The zero-order valence-electron chi connectivity index (χ0n) is 17.5. The molecule has 5 aromatic rings. The summed E-state index contributed by atoms with van der Waals surface area (Å²) < 4.78 is 0. The molecule has 0 saturated heterocycles. The van der Waals surface area contributed by atoms with Crippen LogP contribution in [0.1, 0.15) is 25.0 Å². The van der Waals surface area contributed by atoms with Crippen LogP contribution < -0.4 is 0 Å². The van der Waals surface area contributed by atoms with Crippen molar-refractivity contribution in [2.75, 3.05) is 0 Å². The van der Waals surface area contributed by atoms with Crippen molar-refractivity contribution in [3.63, 3.8) is 0 Å². The molecule has 0 amide bonds. The molecule has 0 bridgehead atoms. The fourth-order valence-corrected chi connectivity index (χ4v) is 5.52. The van der Waals surface area contributed by atoms with Gasteiger partial charge in [-0.05, 0) is 85.0 Å². The van der Waals surface area contributed by atoms with E-state index in [2.05, 4.69) is 98.8 Å². The summed E-state index contributed by atoms with van der Waals surface area (Å²) >= 11 is 0. The van der Waals surface area contributed by atoms with Gasteiger partial charge >= 0.3 is 0 Å². The van der Waals surface area contributed by atoms with E-state index >= 15 is 0 Å². The standard InChI is InChI=1S/C30H24/c1-3-22-24-17-16-21(19-10-6-5-7-11-19)18-27(24)23(4-2)30-26-15-9-13-20-12-8-14-25(28(20)26)29(22)30/h5-18H,3-4H2,1-2H3. The number of hydrogen-bond acceptors (Lipinski definition) is 0. The fourth-order valence-electron chi connectivity index (χ4n) is 5.52. The fraction of sp³-hybridized carbons (Fsp3) is 0.133. The Morgan fingerprint density at radius 1 is 0.533 bits per heavy atom. The van der Waals surface area contributed by atoms with Crippen LogP contribution in [0.3, 0.4) is 0 Å². The first-order chi connectivity index (χ1) is 14.8. The molecule has 0 N–H and O–H groups in total. The molecule has 144 valence electrons. The Kier molecular flexibility index (Phi) is 3.83. The van der Waals surface area contributed by atoms with E-state index in [1.54, 1.807) is 0 Å². The van der Waals surface area contributed by atoms with Crippen LogP contribution in [0.25, 0.3) is 54.9 Å². The molecule has 6 rings (SSSR count). The van der Waals surface area contributed by atoms with E-state index in [0.717, 1.165) is 12.8 Å². The molecule has 0 spiro atoms. The van der Waals surface area contributed by atoms with Crippen LogP contribution in [0.2, 0.25) is 0 Å². The van der Waals surface area contributed by atoms with Crippen molar-refractivity contribution in [3.8, 4) is 33.4 Å². The molecule has 0 saturated carbocycles. The van der Waals surface area contributed by atoms with Gasteiger partial charge in [0, 0.05) is 0 Å². The highest BCUT2D eigenvalue weighted by Gasteiger charge is 2.28. The topological polar surface area (TPSA) is 0 Å². The van der Waals surface area contributed by atoms with Gasteiger partial charge in [-0.15, -0.1) is 0 Å². The van der Waals surface area contributed by atoms with Gasteiger partial charge in [0.15, 0.2) is 0 Å². The maximum atomic E-state index is 2.42. The summed E-state index contributed by atoms with van der Waals surface area (Å²) in [5.74, 6) is 0. The highest BCUT2D eigenvalue weighted by atomic mass is 14.3. The Labute approximate surface area is 177 Å². The third-order valence-corrected chi connectivity index (χ3v) is 6.78. The lowest BCUT2D eigenvalue weighted by Gasteiger charge is -2.19. The first-order valence-electron chi connectivity index (χ1n) is 11.0. The minimum atomic E-state index is 1.03. The molecule has 0 aliphatic heterocycles. The summed E-state index contributed by atoms with van der Waals surface area (Å²) in [7, 11) is 0. The quantitative estimate of drug-likeness (QED) is 0.287. The van der Waals surface area contributed by atoms with Gasteiger partial charge in [0.25, 0.3) is 0 Å². The molecule has 5 aromatic carbocycles. The van der Waals surface area contributed by atoms with Crippen molar-refractivity contribution < 1.29 is 0 Å². The van der Waals surface area contributed by atoms with Crippen molar-refractivity contribution >= 4 is 21.5 Å². The van der Waals surface area contributed by atoms with E-state index in [1.165, 1.54) is 66.1 Å². The Hall–Kier alpha value is -3.38. The van der Waals surface area contributed by atoms with Crippen molar-refractivity contribution in [1.29, 1.82) is 0 Å². The lowest BCUT2D eigenvalue weighted by Crippen LogP contribution is -1.97. The van der Waals surface area contributed by atoms with Crippen LogP contribution in [-0.2, 0) is 12.8 Å². The van der Waals surface area contributed by atoms with Gasteiger partial charge in [-0.2, -0.15) is 0 Å².